The van der Waals surface area contributed by atoms with Crippen molar-refractivity contribution in [2.24, 2.45) is 0 Å². The van der Waals surface area contributed by atoms with E-state index in [0.717, 1.165) is 22.9 Å². The van der Waals surface area contributed by atoms with E-state index in [4.69, 9.17) is 5.26 Å². The molecule has 2 aromatic rings. The summed E-state index contributed by atoms with van der Waals surface area (Å²) in [7, 11) is 0. The molecule has 0 aliphatic carbocycles. The number of aryl methyl sites for hydroxylation is 2. The number of nitrogens with zero attached hydrogens (tertiary/aromatic N) is 1. The second-order valence-electron chi connectivity index (χ2n) is 4.81. The zero-order valence-corrected chi connectivity index (χ0v) is 11.5. The van der Waals surface area contributed by atoms with Crippen molar-refractivity contribution in [1.29, 1.82) is 5.26 Å². The second kappa shape index (κ2) is 5.49. The van der Waals surface area contributed by atoms with Gasteiger partial charge >= 0.3 is 6.18 Å². The molecule has 0 amide bonds. The Balaban J connectivity index is 2.39. The van der Waals surface area contributed by atoms with E-state index in [2.05, 4.69) is 5.32 Å². The van der Waals surface area contributed by atoms with Crippen molar-refractivity contribution in [2.75, 3.05) is 5.32 Å². The predicted octanol–water partition coefficient (Wildman–Crippen LogP) is 4.94. The first-order chi connectivity index (χ1) is 9.81. The number of halogens is 3. The average molecular weight is 290 g/mol. The van der Waals surface area contributed by atoms with Crippen molar-refractivity contribution < 1.29 is 13.2 Å². The molecular weight excluding hydrogens is 277 g/mol. The van der Waals surface area contributed by atoms with Gasteiger partial charge in [-0.2, -0.15) is 18.4 Å². The number of anilines is 2. The van der Waals surface area contributed by atoms with Crippen molar-refractivity contribution in [3.63, 3.8) is 0 Å². The summed E-state index contributed by atoms with van der Waals surface area (Å²) in [6.07, 6.45) is -4.52. The molecule has 5 heteroatoms. The van der Waals surface area contributed by atoms with Gasteiger partial charge in [0.05, 0.1) is 17.2 Å². The molecule has 0 spiro atoms. The number of alkyl halides is 3. The average Bonchev–Trinajstić information content (AvgIpc) is 2.41. The van der Waals surface area contributed by atoms with Gasteiger partial charge in [-0.1, -0.05) is 12.1 Å². The summed E-state index contributed by atoms with van der Waals surface area (Å²) < 4.78 is 38.2. The van der Waals surface area contributed by atoms with Gasteiger partial charge in [0.15, 0.2) is 0 Å². The first-order valence-corrected chi connectivity index (χ1v) is 6.27. The fraction of sp³-hybridized carbons (Fsp3) is 0.188. The summed E-state index contributed by atoms with van der Waals surface area (Å²) in [5.74, 6) is 0. The molecule has 0 atom stereocenters. The molecule has 0 radical (unpaired) electrons. The van der Waals surface area contributed by atoms with Crippen molar-refractivity contribution in [2.45, 2.75) is 20.0 Å². The summed E-state index contributed by atoms with van der Waals surface area (Å²) in [6, 6.07) is 10.8. The van der Waals surface area contributed by atoms with Crippen molar-refractivity contribution in [3.8, 4) is 6.07 Å². The Hall–Kier alpha value is -2.48. The van der Waals surface area contributed by atoms with E-state index in [1.165, 1.54) is 12.1 Å². The van der Waals surface area contributed by atoms with Crippen molar-refractivity contribution >= 4 is 11.4 Å². The largest absolute Gasteiger partial charge is 0.417 e. The van der Waals surface area contributed by atoms with E-state index in [0.29, 0.717) is 5.69 Å². The molecular formula is C16H13F3N2. The SMILES string of the molecule is Cc1ccc(C)c(Nc2ccc(C(F)(F)F)c(C#N)c2)c1. The standard InChI is InChI=1S/C16H13F3N2/c1-10-3-4-11(2)15(7-10)21-13-5-6-14(16(17,18)19)12(8-13)9-20/h3-8,21H,1-2H3. The zero-order valence-electron chi connectivity index (χ0n) is 11.5. The number of rotatable bonds is 2. The molecule has 0 unspecified atom stereocenters. The first-order valence-electron chi connectivity index (χ1n) is 6.27. The van der Waals surface area contributed by atoms with Crippen LogP contribution in [0.5, 0.6) is 0 Å². The van der Waals surface area contributed by atoms with Gasteiger partial charge in [-0.25, -0.2) is 0 Å². The molecule has 1 N–H and O–H groups in total. The van der Waals surface area contributed by atoms with Crippen LogP contribution in [0.2, 0.25) is 0 Å². The number of nitriles is 1. The van der Waals surface area contributed by atoms with Crippen LogP contribution < -0.4 is 5.32 Å². The Bertz CT molecular complexity index is 712. The van der Waals surface area contributed by atoms with E-state index < -0.39 is 17.3 Å². The number of benzene rings is 2. The van der Waals surface area contributed by atoms with Gasteiger partial charge < -0.3 is 5.32 Å². The molecule has 0 fully saturated rings. The summed E-state index contributed by atoms with van der Waals surface area (Å²) in [5, 5.41) is 11.9. The molecule has 0 aromatic heterocycles. The van der Waals surface area contributed by atoms with Gasteiger partial charge in [0.25, 0.3) is 0 Å². The third-order valence-corrected chi connectivity index (χ3v) is 3.12. The van der Waals surface area contributed by atoms with Crippen LogP contribution >= 0.6 is 0 Å². The Morgan fingerprint density at radius 1 is 1.05 bits per heavy atom. The number of hydrogen-bond donors (Lipinski definition) is 1. The van der Waals surface area contributed by atoms with Crippen LogP contribution in [0.4, 0.5) is 24.5 Å². The minimum absolute atomic E-state index is 0.391. The minimum Gasteiger partial charge on any atom is -0.355 e. The number of hydrogen-bond acceptors (Lipinski definition) is 2. The van der Waals surface area contributed by atoms with Crippen molar-refractivity contribution in [3.05, 3.63) is 58.7 Å². The second-order valence-corrected chi connectivity index (χ2v) is 4.81. The summed E-state index contributed by atoms with van der Waals surface area (Å²) in [6.45, 7) is 3.83. The monoisotopic (exact) mass is 290 g/mol. The minimum atomic E-state index is -4.52. The highest BCUT2D eigenvalue weighted by Gasteiger charge is 2.33. The van der Waals surface area contributed by atoms with Gasteiger partial charge in [0, 0.05) is 11.4 Å². The molecule has 2 aromatic carbocycles. The van der Waals surface area contributed by atoms with E-state index >= 15 is 0 Å². The molecule has 21 heavy (non-hydrogen) atoms. The van der Waals surface area contributed by atoms with Crippen LogP contribution in [-0.2, 0) is 6.18 Å². The van der Waals surface area contributed by atoms with Gasteiger partial charge in [-0.3, -0.25) is 0 Å². The summed E-state index contributed by atoms with van der Waals surface area (Å²) in [4.78, 5) is 0. The van der Waals surface area contributed by atoms with Gasteiger partial charge in [0.2, 0.25) is 0 Å². The van der Waals surface area contributed by atoms with E-state index in [1.54, 1.807) is 6.07 Å². The smallest absolute Gasteiger partial charge is 0.355 e. The van der Waals surface area contributed by atoms with E-state index in [-0.39, 0.29) is 0 Å². The molecule has 0 saturated heterocycles. The third-order valence-electron chi connectivity index (χ3n) is 3.12. The molecule has 108 valence electrons. The fourth-order valence-electron chi connectivity index (χ4n) is 1.99. The molecule has 0 heterocycles. The molecule has 2 rings (SSSR count). The molecule has 0 bridgehead atoms. The van der Waals surface area contributed by atoms with Crippen LogP contribution in [0.1, 0.15) is 22.3 Å². The van der Waals surface area contributed by atoms with E-state index in [9.17, 15) is 13.2 Å². The molecule has 2 nitrogen and oxygen atoms in total. The Morgan fingerprint density at radius 3 is 2.38 bits per heavy atom. The Kier molecular flexibility index (Phi) is 3.90. The lowest BCUT2D eigenvalue weighted by Crippen LogP contribution is -2.08. The summed E-state index contributed by atoms with van der Waals surface area (Å²) in [5.41, 5.74) is 1.95. The topological polar surface area (TPSA) is 35.8 Å². The van der Waals surface area contributed by atoms with Gasteiger partial charge in [0.1, 0.15) is 0 Å². The third kappa shape index (κ3) is 3.34. The molecule has 0 aliphatic rings. The van der Waals surface area contributed by atoms with Crippen LogP contribution in [0.15, 0.2) is 36.4 Å². The van der Waals surface area contributed by atoms with E-state index in [1.807, 2.05) is 32.0 Å². The number of nitrogens with one attached hydrogen (secondary N) is 1. The lowest BCUT2D eigenvalue weighted by atomic mass is 10.1. The van der Waals surface area contributed by atoms with Crippen LogP contribution in [-0.4, -0.2) is 0 Å². The molecule has 0 aliphatic heterocycles. The zero-order chi connectivity index (χ0) is 15.6. The quantitative estimate of drug-likeness (QED) is 0.850. The normalized spacial score (nSPS) is 11.0. The fourth-order valence-corrected chi connectivity index (χ4v) is 1.99. The van der Waals surface area contributed by atoms with Gasteiger partial charge in [-0.15, -0.1) is 0 Å². The first kappa shape index (κ1) is 14.9. The predicted molar refractivity (Wildman–Crippen MR) is 75.4 cm³/mol. The maximum absolute atomic E-state index is 12.7. The van der Waals surface area contributed by atoms with Gasteiger partial charge in [-0.05, 0) is 49.2 Å². The highest BCUT2D eigenvalue weighted by molar-refractivity contribution is 5.66. The maximum atomic E-state index is 12.7. The Labute approximate surface area is 120 Å². The van der Waals surface area contributed by atoms with Crippen LogP contribution in [0, 0.1) is 25.2 Å². The lowest BCUT2D eigenvalue weighted by Gasteiger charge is -2.13. The van der Waals surface area contributed by atoms with Crippen molar-refractivity contribution in [1.82, 2.24) is 0 Å². The molecule has 0 saturated carbocycles. The van der Waals surface area contributed by atoms with Crippen LogP contribution in [0.25, 0.3) is 0 Å². The maximum Gasteiger partial charge on any atom is 0.417 e. The Morgan fingerprint density at radius 2 is 1.76 bits per heavy atom. The summed E-state index contributed by atoms with van der Waals surface area (Å²) >= 11 is 0. The highest BCUT2D eigenvalue weighted by Crippen LogP contribution is 2.33. The highest BCUT2D eigenvalue weighted by atomic mass is 19.4. The van der Waals surface area contributed by atoms with Crippen LogP contribution in [0.3, 0.4) is 0 Å². The lowest BCUT2D eigenvalue weighted by molar-refractivity contribution is -0.137.